The van der Waals surface area contributed by atoms with Gasteiger partial charge in [0.25, 0.3) is 0 Å². The molecule has 0 radical (unpaired) electrons. The van der Waals surface area contributed by atoms with Crippen molar-refractivity contribution in [2.45, 2.75) is 16.6 Å². The SMILES string of the molecule is c1ccc(CNc2nnc(SCc3nnnn3-c3ccccc3)s2)cc1. The van der Waals surface area contributed by atoms with Crippen LogP contribution in [-0.2, 0) is 12.3 Å². The first-order valence-corrected chi connectivity index (χ1v) is 9.75. The summed E-state index contributed by atoms with van der Waals surface area (Å²) < 4.78 is 2.62. The first kappa shape index (κ1) is 16.7. The Bertz CT molecular complexity index is 953. The molecule has 0 fully saturated rings. The molecule has 0 atom stereocenters. The average molecular weight is 381 g/mol. The molecule has 0 aliphatic heterocycles. The fourth-order valence-corrected chi connectivity index (χ4v) is 3.96. The van der Waals surface area contributed by atoms with Crippen molar-refractivity contribution in [3.8, 4) is 5.69 Å². The number of rotatable bonds is 7. The standard InChI is InChI=1S/C17H15N7S2/c1-3-7-13(8-4-1)11-18-16-20-21-17(26-16)25-12-15-19-22-23-24(15)14-9-5-2-6-10-14/h1-10H,11-12H2,(H,18,20). The zero-order chi connectivity index (χ0) is 17.6. The maximum atomic E-state index is 4.22. The fourth-order valence-electron chi connectivity index (χ4n) is 2.30. The summed E-state index contributed by atoms with van der Waals surface area (Å²) in [4.78, 5) is 0. The highest BCUT2D eigenvalue weighted by molar-refractivity contribution is 8.00. The van der Waals surface area contributed by atoms with Gasteiger partial charge in [-0.2, -0.15) is 4.68 Å². The van der Waals surface area contributed by atoms with Gasteiger partial charge in [0.05, 0.1) is 11.4 Å². The maximum absolute atomic E-state index is 4.22. The number of thioether (sulfide) groups is 1. The van der Waals surface area contributed by atoms with E-state index in [4.69, 9.17) is 0 Å². The van der Waals surface area contributed by atoms with Crippen molar-refractivity contribution < 1.29 is 0 Å². The third-order valence-electron chi connectivity index (χ3n) is 3.55. The molecular formula is C17H15N7S2. The van der Waals surface area contributed by atoms with Crippen LogP contribution in [0.25, 0.3) is 5.69 Å². The lowest BCUT2D eigenvalue weighted by atomic mass is 10.2. The summed E-state index contributed by atoms with van der Waals surface area (Å²) in [5.74, 6) is 1.39. The molecule has 0 saturated heterocycles. The number of nitrogens with one attached hydrogen (secondary N) is 1. The van der Waals surface area contributed by atoms with Gasteiger partial charge in [-0.15, -0.1) is 15.3 Å². The van der Waals surface area contributed by atoms with Crippen LogP contribution in [0.4, 0.5) is 5.13 Å². The summed E-state index contributed by atoms with van der Waals surface area (Å²) in [7, 11) is 0. The maximum Gasteiger partial charge on any atom is 0.206 e. The molecule has 4 rings (SSSR count). The van der Waals surface area contributed by atoms with Gasteiger partial charge in [0.1, 0.15) is 0 Å². The Morgan fingerprint density at radius 2 is 1.69 bits per heavy atom. The number of para-hydroxylation sites is 1. The topological polar surface area (TPSA) is 81.4 Å². The van der Waals surface area contributed by atoms with Gasteiger partial charge in [0.2, 0.25) is 5.13 Å². The molecule has 0 amide bonds. The zero-order valence-electron chi connectivity index (χ0n) is 13.7. The molecule has 9 heteroatoms. The van der Waals surface area contributed by atoms with Crippen LogP contribution in [0.3, 0.4) is 0 Å². The summed E-state index contributed by atoms with van der Waals surface area (Å²) in [5, 5.41) is 24.5. The molecule has 0 spiro atoms. The predicted octanol–water partition coefficient (Wildman–Crippen LogP) is 3.42. The highest BCUT2D eigenvalue weighted by atomic mass is 32.2. The van der Waals surface area contributed by atoms with Crippen LogP contribution in [-0.4, -0.2) is 30.4 Å². The molecule has 0 aliphatic rings. The predicted molar refractivity (Wildman–Crippen MR) is 102 cm³/mol. The second-order valence-corrected chi connectivity index (χ2v) is 7.54. The summed E-state index contributed by atoms with van der Waals surface area (Å²) in [5.41, 5.74) is 2.15. The number of aromatic nitrogens is 6. The van der Waals surface area contributed by atoms with Crippen LogP contribution in [0.1, 0.15) is 11.4 Å². The second kappa shape index (κ2) is 8.07. The van der Waals surface area contributed by atoms with E-state index in [1.165, 1.54) is 16.9 Å². The monoisotopic (exact) mass is 381 g/mol. The molecule has 0 aliphatic carbocycles. The van der Waals surface area contributed by atoms with E-state index in [9.17, 15) is 0 Å². The average Bonchev–Trinajstić information content (AvgIpc) is 3.35. The van der Waals surface area contributed by atoms with Gasteiger partial charge in [0, 0.05) is 6.54 Å². The number of tetrazole rings is 1. The van der Waals surface area contributed by atoms with Crippen LogP contribution in [0.15, 0.2) is 65.0 Å². The molecule has 2 aromatic carbocycles. The van der Waals surface area contributed by atoms with E-state index in [0.29, 0.717) is 5.75 Å². The van der Waals surface area contributed by atoms with E-state index in [-0.39, 0.29) is 0 Å². The van der Waals surface area contributed by atoms with E-state index >= 15 is 0 Å². The van der Waals surface area contributed by atoms with Crippen LogP contribution in [0.2, 0.25) is 0 Å². The van der Waals surface area contributed by atoms with E-state index in [0.717, 1.165) is 27.5 Å². The summed E-state index contributed by atoms with van der Waals surface area (Å²) in [6, 6.07) is 20.0. The van der Waals surface area contributed by atoms with Crippen molar-refractivity contribution in [1.29, 1.82) is 0 Å². The normalized spacial score (nSPS) is 10.8. The lowest BCUT2D eigenvalue weighted by Crippen LogP contribution is -2.01. The summed E-state index contributed by atoms with van der Waals surface area (Å²) in [6.07, 6.45) is 0. The molecule has 1 N–H and O–H groups in total. The smallest absolute Gasteiger partial charge is 0.206 e. The third-order valence-corrected chi connectivity index (χ3v) is 5.56. The Morgan fingerprint density at radius 1 is 0.923 bits per heavy atom. The zero-order valence-corrected chi connectivity index (χ0v) is 15.3. The van der Waals surface area contributed by atoms with E-state index in [1.807, 2.05) is 48.5 Å². The molecular weight excluding hydrogens is 366 g/mol. The Balaban J connectivity index is 1.36. The number of hydrogen-bond donors (Lipinski definition) is 1. The Kier molecular flexibility index (Phi) is 5.17. The Hall–Kier alpha value is -2.78. The summed E-state index contributed by atoms with van der Waals surface area (Å²) in [6.45, 7) is 0.729. The molecule has 4 aromatic rings. The quantitative estimate of drug-likeness (QED) is 0.491. The molecule has 2 aromatic heterocycles. The highest BCUT2D eigenvalue weighted by Crippen LogP contribution is 2.28. The molecule has 7 nitrogen and oxygen atoms in total. The second-order valence-electron chi connectivity index (χ2n) is 5.34. The molecule has 130 valence electrons. The molecule has 0 bridgehead atoms. The number of benzene rings is 2. The van der Waals surface area contributed by atoms with E-state index in [2.05, 4.69) is 43.2 Å². The van der Waals surface area contributed by atoms with Crippen molar-refractivity contribution in [3.63, 3.8) is 0 Å². The van der Waals surface area contributed by atoms with Gasteiger partial charge in [0.15, 0.2) is 10.2 Å². The van der Waals surface area contributed by atoms with Crippen molar-refractivity contribution in [1.82, 2.24) is 30.4 Å². The molecule has 2 heterocycles. The van der Waals surface area contributed by atoms with Gasteiger partial charge in [-0.3, -0.25) is 0 Å². The van der Waals surface area contributed by atoms with Gasteiger partial charge in [-0.25, -0.2) is 0 Å². The minimum Gasteiger partial charge on any atom is -0.356 e. The van der Waals surface area contributed by atoms with Crippen LogP contribution in [0, 0.1) is 0 Å². The highest BCUT2D eigenvalue weighted by Gasteiger charge is 2.11. The van der Waals surface area contributed by atoms with Crippen molar-refractivity contribution in [2.24, 2.45) is 0 Å². The van der Waals surface area contributed by atoms with E-state index < -0.39 is 0 Å². The Morgan fingerprint density at radius 3 is 2.50 bits per heavy atom. The summed E-state index contributed by atoms with van der Waals surface area (Å²) >= 11 is 3.10. The van der Waals surface area contributed by atoms with Crippen molar-refractivity contribution >= 4 is 28.2 Å². The number of anilines is 1. The van der Waals surface area contributed by atoms with Gasteiger partial charge < -0.3 is 5.32 Å². The van der Waals surface area contributed by atoms with E-state index in [1.54, 1.807) is 16.4 Å². The first-order valence-electron chi connectivity index (χ1n) is 7.95. The minimum absolute atomic E-state index is 0.620. The van der Waals surface area contributed by atoms with Gasteiger partial charge in [-0.05, 0) is 28.1 Å². The van der Waals surface area contributed by atoms with Crippen LogP contribution in [0.5, 0.6) is 0 Å². The number of hydrogen-bond acceptors (Lipinski definition) is 8. The van der Waals surface area contributed by atoms with Crippen molar-refractivity contribution in [2.75, 3.05) is 5.32 Å². The Labute approximate surface area is 158 Å². The molecule has 0 unspecified atom stereocenters. The van der Waals surface area contributed by atoms with Crippen molar-refractivity contribution in [3.05, 3.63) is 72.1 Å². The largest absolute Gasteiger partial charge is 0.356 e. The van der Waals surface area contributed by atoms with Crippen LogP contribution >= 0.6 is 23.1 Å². The minimum atomic E-state index is 0.620. The van der Waals surface area contributed by atoms with Gasteiger partial charge in [-0.1, -0.05) is 71.6 Å². The van der Waals surface area contributed by atoms with Crippen LogP contribution < -0.4 is 5.32 Å². The fraction of sp³-hybridized carbons (Fsp3) is 0.118. The van der Waals surface area contributed by atoms with Gasteiger partial charge >= 0.3 is 0 Å². The third kappa shape index (κ3) is 4.06. The molecule has 0 saturated carbocycles. The molecule has 26 heavy (non-hydrogen) atoms. The lowest BCUT2D eigenvalue weighted by molar-refractivity contribution is 0.777. The lowest BCUT2D eigenvalue weighted by Gasteiger charge is -2.02. The first-order chi connectivity index (χ1) is 12.9. The number of nitrogens with zero attached hydrogens (tertiary/aromatic N) is 6.